The Morgan fingerprint density at radius 2 is 1.82 bits per heavy atom. The smallest absolute Gasteiger partial charge is 0.182 e. The highest BCUT2D eigenvalue weighted by Gasteiger charge is 2.17. The number of rotatable bonds is 4. The predicted molar refractivity (Wildman–Crippen MR) is 137 cm³/mol. The number of aromatic nitrogens is 5. The van der Waals surface area contributed by atoms with Crippen molar-refractivity contribution in [1.29, 1.82) is 0 Å². The Hall–Kier alpha value is -3.84. The lowest BCUT2D eigenvalue weighted by Gasteiger charge is -2.10. The van der Waals surface area contributed by atoms with E-state index in [0.717, 1.165) is 54.2 Å². The molecule has 0 fully saturated rings. The van der Waals surface area contributed by atoms with Crippen LogP contribution in [0.25, 0.3) is 37.5 Å². The lowest BCUT2D eigenvalue weighted by Crippen LogP contribution is -1.97. The van der Waals surface area contributed by atoms with Gasteiger partial charge < -0.3 is 4.74 Å². The van der Waals surface area contributed by atoms with Crippen molar-refractivity contribution in [3.63, 3.8) is 0 Å². The van der Waals surface area contributed by atoms with E-state index in [4.69, 9.17) is 24.8 Å². The van der Waals surface area contributed by atoms with Gasteiger partial charge in [-0.2, -0.15) is 0 Å². The van der Waals surface area contributed by atoms with Crippen LogP contribution < -0.4 is 4.74 Å². The average Bonchev–Trinajstić information content (AvgIpc) is 3.40. The van der Waals surface area contributed by atoms with Gasteiger partial charge in [-0.1, -0.05) is 35.9 Å². The quantitative estimate of drug-likeness (QED) is 0.303. The second-order valence-electron chi connectivity index (χ2n) is 8.75. The third kappa shape index (κ3) is 3.49. The molecule has 0 saturated heterocycles. The van der Waals surface area contributed by atoms with Crippen molar-refractivity contribution >= 4 is 37.4 Å². The zero-order valence-corrected chi connectivity index (χ0v) is 20.3. The molecule has 0 amide bonds. The number of thiophene rings is 1. The van der Waals surface area contributed by atoms with Gasteiger partial charge in [-0.15, -0.1) is 16.4 Å². The number of aryl methyl sites for hydroxylation is 4. The van der Waals surface area contributed by atoms with Gasteiger partial charge in [-0.05, 0) is 62.6 Å². The minimum absolute atomic E-state index is 0.484. The van der Waals surface area contributed by atoms with Gasteiger partial charge in [0.15, 0.2) is 11.5 Å². The van der Waals surface area contributed by atoms with Crippen LogP contribution in [0, 0.1) is 27.7 Å². The fraction of sp³-hybridized carbons (Fsp3) is 0.185. The van der Waals surface area contributed by atoms with E-state index < -0.39 is 0 Å². The first kappa shape index (κ1) is 20.7. The number of fused-ring (bicyclic) bond motifs is 5. The summed E-state index contributed by atoms with van der Waals surface area (Å²) in [4.78, 5) is 15.3. The Morgan fingerprint density at radius 1 is 0.941 bits per heavy atom. The molecule has 4 heterocycles. The van der Waals surface area contributed by atoms with E-state index in [2.05, 4.69) is 51.1 Å². The van der Waals surface area contributed by atoms with Crippen LogP contribution in [0.4, 0.5) is 0 Å². The number of hydrogen-bond donors (Lipinski definition) is 0. The highest BCUT2D eigenvalue weighted by atomic mass is 32.1. The number of hydrogen-bond acceptors (Lipinski definition) is 6. The molecule has 0 spiro atoms. The van der Waals surface area contributed by atoms with E-state index >= 15 is 0 Å². The Kier molecular flexibility index (Phi) is 4.81. The maximum atomic E-state index is 6.08. The van der Waals surface area contributed by atoms with Crippen molar-refractivity contribution in [1.82, 2.24) is 24.6 Å². The van der Waals surface area contributed by atoms with E-state index in [9.17, 15) is 0 Å². The second kappa shape index (κ2) is 7.88. The maximum absolute atomic E-state index is 6.08. The van der Waals surface area contributed by atoms with Crippen LogP contribution >= 0.6 is 11.3 Å². The summed E-state index contributed by atoms with van der Waals surface area (Å²) >= 11 is 1.62. The molecule has 0 radical (unpaired) electrons. The molecular weight excluding hydrogens is 442 g/mol. The summed E-state index contributed by atoms with van der Waals surface area (Å²) in [7, 11) is 0. The van der Waals surface area contributed by atoms with Gasteiger partial charge in [0.2, 0.25) is 0 Å². The molecule has 6 rings (SSSR count). The standard InChI is InChI=1S/C27H23N5OS/c1-15-8-9-21(16(2)10-15)33-13-19-6-5-7-20(12-19)25-30-26-24-23(28-14-32(26)31-25)22-17(3)11-18(4)29-27(22)34-24/h5-12,14H,13H2,1-4H3. The molecular formula is C27H23N5OS. The molecule has 34 heavy (non-hydrogen) atoms. The fourth-order valence-electron chi connectivity index (χ4n) is 4.41. The fourth-order valence-corrected chi connectivity index (χ4v) is 5.64. The van der Waals surface area contributed by atoms with Crippen LogP contribution in [0.15, 0.2) is 54.9 Å². The van der Waals surface area contributed by atoms with E-state index in [1.165, 1.54) is 11.1 Å². The van der Waals surface area contributed by atoms with Crippen molar-refractivity contribution in [3.8, 4) is 17.1 Å². The van der Waals surface area contributed by atoms with Gasteiger partial charge in [-0.3, -0.25) is 0 Å². The van der Waals surface area contributed by atoms with Crippen LogP contribution in [-0.2, 0) is 6.61 Å². The first-order chi connectivity index (χ1) is 16.5. The molecule has 168 valence electrons. The summed E-state index contributed by atoms with van der Waals surface area (Å²) in [5.41, 5.74) is 8.31. The molecule has 0 bridgehead atoms. The van der Waals surface area contributed by atoms with Gasteiger partial charge in [0.25, 0.3) is 0 Å². The number of ether oxygens (including phenoxy) is 1. The van der Waals surface area contributed by atoms with Crippen molar-refractivity contribution in [3.05, 3.63) is 82.8 Å². The van der Waals surface area contributed by atoms with Crippen molar-refractivity contribution in [2.24, 2.45) is 0 Å². The molecule has 6 aromatic rings. The van der Waals surface area contributed by atoms with Crippen LogP contribution in [0.3, 0.4) is 0 Å². The minimum atomic E-state index is 0.484. The highest BCUT2D eigenvalue weighted by molar-refractivity contribution is 7.26. The Labute approximate surface area is 200 Å². The lowest BCUT2D eigenvalue weighted by molar-refractivity contribution is 0.304. The van der Waals surface area contributed by atoms with Crippen molar-refractivity contribution in [2.75, 3.05) is 0 Å². The van der Waals surface area contributed by atoms with Gasteiger partial charge >= 0.3 is 0 Å². The number of nitrogens with zero attached hydrogens (tertiary/aromatic N) is 5. The van der Waals surface area contributed by atoms with Gasteiger partial charge in [-0.25, -0.2) is 19.5 Å². The average molecular weight is 466 g/mol. The molecule has 0 aliphatic rings. The summed E-state index contributed by atoms with van der Waals surface area (Å²) in [6.45, 7) is 8.77. The van der Waals surface area contributed by atoms with Crippen molar-refractivity contribution < 1.29 is 4.74 Å². The largest absolute Gasteiger partial charge is 0.489 e. The third-order valence-electron chi connectivity index (χ3n) is 6.00. The summed E-state index contributed by atoms with van der Waals surface area (Å²) in [5.74, 6) is 1.57. The van der Waals surface area contributed by atoms with Crippen LogP contribution in [0.5, 0.6) is 5.75 Å². The summed E-state index contributed by atoms with van der Waals surface area (Å²) in [6.07, 6.45) is 1.74. The molecule has 0 aliphatic carbocycles. The van der Waals surface area contributed by atoms with E-state index in [1.54, 1.807) is 22.2 Å². The van der Waals surface area contributed by atoms with E-state index in [0.29, 0.717) is 12.4 Å². The van der Waals surface area contributed by atoms with Crippen molar-refractivity contribution in [2.45, 2.75) is 34.3 Å². The molecule has 6 nitrogen and oxygen atoms in total. The zero-order valence-electron chi connectivity index (χ0n) is 19.5. The molecule has 7 heteroatoms. The van der Waals surface area contributed by atoms with E-state index in [1.807, 2.05) is 25.1 Å². The molecule has 0 unspecified atom stereocenters. The molecule has 4 aromatic heterocycles. The molecule has 0 saturated carbocycles. The van der Waals surface area contributed by atoms with Gasteiger partial charge in [0.1, 0.15) is 28.2 Å². The summed E-state index contributed by atoms with van der Waals surface area (Å²) < 4.78 is 8.84. The molecule has 2 aromatic carbocycles. The number of benzene rings is 2. The molecule has 0 N–H and O–H groups in total. The normalized spacial score (nSPS) is 11.6. The Bertz CT molecular complexity index is 1720. The van der Waals surface area contributed by atoms with Crippen LogP contribution in [-0.4, -0.2) is 24.6 Å². The summed E-state index contributed by atoms with van der Waals surface area (Å²) in [5, 5.41) is 5.82. The summed E-state index contributed by atoms with van der Waals surface area (Å²) in [6, 6.07) is 16.5. The first-order valence-electron chi connectivity index (χ1n) is 11.2. The monoisotopic (exact) mass is 465 g/mol. The Balaban J connectivity index is 1.37. The van der Waals surface area contributed by atoms with Gasteiger partial charge in [0, 0.05) is 16.6 Å². The Morgan fingerprint density at radius 3 is 2.68 bits per heavy atom. The van der Waals surface area contributed by atoms with Crippen LogP contribution in [0.2, 0.25) is 0 Å². The third-order valence-corrected chi connectivity index (χ3v) is 7.07. The number of pyridine rings is 1. The zero-order chi connectivity index (χ0) is 23.4. The SMILES string of the molecule is Cc1ccc(OCc2cccc(-c3nc4c5sc6nc(C)cc(C)c6c5ncn4n3)c2)c(C)c1. The van der Waals surface area contributed by atoms with Crippen LogP contribution in [0.1, 0.15) is 27.9 Å². The lowest BCUT2D eigenvalue weighted by atomic mass is 10.1. The first-order valence-corrected chi connectivity index (χ1v) is 12.0. The van der Waals surface area contributed by atoms with Gasteiger partial charge in [0.05, 0.1) is 5.52 Å². The second-order valence-corrected chi connectivity index (χ2v) is 9.75. The highest BCUT2D eigenvalue weighted by Crippen LogP contribution is 2.36. The minimum Gasteiger partial charge on any atom is -0.489 e. The predicted octanol–water partition coefficient (Wildman–Crippen LogP) is 6.37. The van der Waals surface area contributed by atoms with E-state index in [-0.39, 0.29) is 0 Å². The maximum Gasteiger partial charge on any atom is 0.182 e. The molecule has 0 atom stereocenters. The topological polar surface area (TPSA) is 65.2 Å². The molecule has 0 aliphatic heterocycles.